The summed E-state index contributed by atoms with van der Waals surface area (Å²) in [5, 5.41) is 6.00. The van der Waals surface area contributed by atoms with Gasteiger partial charge < -0.3 is 15.4 Å². The summed E-state index contributed by atoms with van der Waals surface area (Å²) in [6, 6.07) is 1.96. The molecule has 11 heteroatoms. The molecule has 148 valence electrons. The van der Waals surface area contributed by atoms with Crippen LogP contribution in [-0.2, 0) is 16.0 Å². The van der Waals surface area contributed by atoms with E-state index in [4.69, 9.17) is 4.74 Å². The number of guanidine groups is 1. The number of halogens is 3. The molecule has 1 heterocycles. The summed E-state index contributed by atoms with van der Waals surface area (Å²) >= 11 is 0. The van der Waals surface area contributed by atoms with Crippen molar-refractivity contribution in [2.75, 3.05) is 32.2 Å². The van der Waals surface area contributed by atoms with Crippen molar-refractivity contribution in [2.24, 2.45) is 4.99 Å². The number of hydrogen-bond acceptors (Lipinski definition) is 5. The summed E-state index contributed by atoms with van der Waals surface area (Å²) < 4.78 is 64.9. The predicted molar refractivity (Wildman–Crippen MR) is 93.0 cm³/mol. The minimum Gasteiger partial charge on any atom is -0.476 e. The zero-order valence-electron chi connectivity index (χ0n) is 14.8. The van der Waals surface area contributed by atoms with E-state index in [-0.39, 0.29) is 24.3 Å². The minimum atomic E-state index is -4.43. The Morgan fingerprint density at radius 1 is 1.38 bits per heavy atom. The number of aromatic nitrogens is 1. The molecule has 0 saturated carbocycles. The summed E-state index contributed by atoms with van der Waals surface area (Å²) in [6.07, 6.45) is -2.10. The molecule has 7 nitrogen and oxygen atoms in total. The zero-order chi connectivity index (χ0) is 19.8. The average Bonchev–Trinajstić information content (AvgIpc) is 2.54. The summed E-state index contributed by atoms with van der Waals surface area (Å²) in [5.74, 6) is 0.625. The van der Waals surface area contributed by atoms with E-state index in [1.165, 1.54) is 6.26 Å². The van der Waals surface area contributed by atoms with Crippen LogP contribution in [0.15, 0.2) is 23.3 Å². The fourth-order valence-corrected chi connectivity index (χ4v) is 2.63. The second-order valence-corrected chi connectivity index (χ2v) is 7.95. The van der Waals surface area contributed by atoms with Gasteiger partial charge in [-0.25, -0.2) is 13.4 Å². The molecule has 0 spiro atoms. The summed E-state index contributed by atoms with van der Waals surface area (Å²) in [4.78, 5) is 7.61. The number of nitrogens with one attached hydrogen (secondary N) is 2. The lowest BCUT2D eigenvalue weighted by molar-refractivity contribution is -0.137. The number of pyridine rings is 1. The molecule has 1 rings (SSSR count). The molecule has 1 atom stereocenters. The van der Waals surface area contributed by atoms with Crippen LogP contribution in [0, 0.1) is 0 Å². The SMILES string of the molecule is CN=C(NCCOc1ccc(C(F)(F)F)cn1)NC(C)CCS(C)(=O)=O. The van der Waals surface area contributed by atoms with Crippen molar-refractivity contribution < 1.29 is 26.3 Å². The van der Waals surface area contributed by atoms with Crippen molar-refractivity contribution in [3.8, 4) is 5.88 Å². The van der Waals surface area contributed by atoms with E-state index in [2.05, 4.69) is 20.6 Å². The van der Waals surface area contributed by atoms with Crippen LogP contribution in [0.4, 0.5) is 13.2 Å². The molecule has 0 aliphatic heterocycles. The highest BCUT2D eigenvalue weighted by Crippen LogP contribution is 2.29. The van der Waals surface area contributed by atoms with Gasteiger partial charge in [-0.05, 0) is 19.4 Å². The number of ether oxygens (including phenoxy) is 1. The topological polar surface area (TPSA) is 92.7 Å². The second-order valence-electron chi connectivity index (χ2n) is 5.69. The van der Waals surface area contributed by atoms with Crippen LogP contribution in [-0.4, -0.2) is 57.6 Å². The van der Waals surface area contributed by atoms with Crippen molar-refractivity contribution in [2.45, 2.75) is 25.6 Å². The largest absolute Gasteiger partial charge is 0.476 e. The number of nitrogens with zero attached hydrogens (tertiary/aromatic N) is 2. The molecule has 0 aliphatic carbocycles. The third kappa shape index (κ3) is 8.88. The Kier molecular flexibility index (Phi) is 8.12. The van der Waals surface area contributed by atoms with Gasteiger partial charge in [0.1, 0.15) is 16.4 Å². The van der Waals surface area contributed by atoms with Crippen LogP contribution in [0.25, 0.3) is 0 Å². The van der Waals surface area contributed by atoms with E-state index in [9.17, 15) is 21.6 Å². The quantitative estimate of drug-likeness (QED) is 0.393. The number of rotatable bonds is 8. The molecule has 0 aliphatic rings. The Hall–Kier alpha value is -2.04. The third-order valence-electron chi connectivity index (χ3n) is 3.24. The fourth-order valence-electron chi connectivity index (χ4n) is 1.85. The second kappa shape index (κ2) is 9.60. The van der Waals surface area contributed by atoms with Crippen molar-refractivity contribution >= 4 is 15.8 Å². The smallest absolute Gasteiger partial charge is 0.417 e. The van der Waals surface area contributed by atoms with Crippen LogP contribution in [0.1, 0.15) is 18.9 Å². The van der Waals surface area contributed by atoms with Gasteiger partial charge in [0, 0.05) is 31.6 Å². The lowest BCUT2D eigenvalue weighted by Gasteiger charge is -2.17. The van der Waals surface area contributed by atoms with E-state index in [0.29, 0.717) is 25.1 Å². The van der Waals surface area contributed by atoms with Crippen LogP contribution < -0.4 is 15.4 Å². The Bertz CT molecular complexity index is 691. The molecule has 0 radical (unpaired) electrons. The maximum absolute atomic E-state index is 12.4. The summed E-state index contributed by atoms with van der Waals surface area (Å²) in [6.45, 7) is 2.33. The first-order valence-corrected chi connectivity index (χ1v) is 9.88. The minimum absolute atomic E-state index is 0.0703. The van der Waals surface area contributed by atoms with E-state index < -0.39 is 21.6 Å². The van der Waals surface area contributed by atoms with Gasteiger partial charge in [-0.1, -0.05) is 0 Å². The lowest BCUT2D eigenvalue weighted by atomic mass is 10.3. The number of hydrogen-bond donors (Lipinski definition) is 2. The highest BCUT2D eigenvalue weighted by Gasteiger charge is 2.30. The molecule has 1 unspecified atom stereocenters. The van der Waals surface area contributed by atoms with Crippen molar-refractivity contribution in [1.29, 1.82) is 0 Å². The molecule has 1 aromatic rings. The Morgan fingerprint density at radius 2 is 2.08 bits per heavy atom. The van der Waals surface area contributed by atoms with Crippen LogP contribution in [0.2, 0.25) is 0 Å². The maximum atomic E-state index is 12.4. The molecule has 26 heavy (non-hydrogen) atoms. The molecule has 1 aromatic heterocycles. The van der Waals surface area contributed by atoms with Gasteiger partial charge in [0.2, 0.25) is 5.88 Å². The predicted octanol–water partition coefficient (Wildman–Crippen LogP) is 1.47. The monoisotopic (exact) mass is 396 g/mol. The first kappa shape index (κ1) is 22.0. The molecule has 0 fully saturated rings. The summed E-state index contributed by atoms with van der Waals surface area (Å²) in [5.41, 5.74) is -0.837. The molecule has 0 saturated heterocycles. The van der Waals surface area contributed by atoms with E-state index >= 15 is 0 Å². The van der Waals surface area contributed by atoms with Crippen molar-refractivity contribution in [3.63, 3.8) is 0 Å². The van der Waals surface area contributed by atoms with Gasteiger partial charge in [0.25, 0.3) is 0 Å². The molecule has 2 N–H and O–H groups in total. The lowest BCUT2D eigenvalue weighted by Crippen LogP contribution is -2.44. The standard InChI is InChI=1S/C15H23F3N4O3S/c1-11(6-9-26(3,23)24)22-14(19-2)20-7-8-25-13-5-4-12(10-21-13)15(16,17)18/h4-5,10-11H,6-9H2,1-3H3,(H2,19,20,22). The number of alkyl halides is 3. The van der Waals surface area contributed by atoms with Gasteiger partial charge in [0.15, 0.2) is 5.96 Å². The Balaban J connectivity index is 2.34. The van der Waals surface area contributed by atoms with Gasteiger partial charge >= 0.3 is 6.18 Å². The van der Waals surface area contributed by atoms with Crippen LogP contribution >= 0.6 is 0 Å². The number of sulfone groups is 1. The molecule has 0 amide bonds. The van der Waals surface area contributed by atoms with Gasteiger partial charge in [-0.3, -0.25) is 4.99 Å². The van der Waals surface area contributed by atoms with Gasteiger partial charge in [-0.2, -0.15) is 13.2 Å². The van der Waals surface area contributed by atoms with Crippen molar-refractivity contribution in [3.05, 3.63) is 23.9 Å². The van der Waals surface area contributed by atoms with Crippen LogP contribution in [0.5, 0.6) is 5.88 Å². The normalized spacial score (nSPS) is 14.0. The van der Waals surface area contributed by atoms with Crippen molar-refractivity contribution in [1.82, 2.24) is 15.6 Å². The van der Waals surface area contributed by atoms with Crippen LogP contribution in [0.3, 0.4) is 0 Å². The molecular formula is C15H23F3N4O3S. The number of aliphatic imine (C=N–C) groups is 1. The first-order valence-electron chi connectivity index (χ1n) is 7.82. The third-order valence-corrected chi connectivity index (χ3v) is 4.21. The van der Waals surface area contributed by atoms with E-state index in [1.54, 1.807) is 7.05 Å². The van der Waals surface area contributed by atoms with E-state index in [0.717, 1.165) is 12.1 Å². The fraction of sp³-hybridized carbons (Fsp3) is 0.600. The van der Waals surface area contributed by atoms with Gasteiger partial charge in [0.05, 0.1) is 17.9 Å². The molecule has 0 bridgehead atoms. The molecular weight excluding hydrogens is 373 g/mol. The average molecular weight is 396 g/mol. The Labute approximate surface area is 151 Å². The zero-order valence-corrected chi connectivity index (χ0v) is 15.6. The highest BCUT2D eigenvalue weighted by atomic mass is 32.2. The summed E-state index contributed by atoms with van der Waals surface area (Å²) in [7, 11) is -1.46. The Morgan fingerprint density at radius 3 is 2.58 bits per heavy atom. The van der Waals surface area contributed by atoms with Gasteiger partial charge in [-0.15, -0.1) is 0 Å². The first-order chi connectivity index (χ1) is 12.0. The maximum Gasteiger partial charge on any atom is 0.417 e. The molecule has 0 aromatic carbocycles. The van der Waals surface area contributed by atoms with E-state index in [1.807, 2.05) is 6.92 Å². The highest BCUT2D eigenvalue weighted by molar-refractivity contribution is 7.90.